The lowest BCUT2D eigenvalue weighted by Gasteiger charge is -2.17. The Labute approximate surface area is 474 Å². The van der Waals surface area contributed by atoms with Crippen molar-refractivity contribution < 1.29 is 33.4 Å². The molecule has 0 aliphatic heterocycles. The number of hydrogen-bond acceptors (Lipinski definition) is 16. The minimum atomic E-state index is -1.24. The molecule has 0 radical (unpaired) electrons. The van der Waals surface area contributed by atoms with E-state index in [0.29, 0.717) is 17.1 Å². The van der Waals surface area contributed by atoms with Gasteiger partial charge in [-0.2, -0.15) is 0 Å². The van der Waals surface area contributed by atoms with Gasteiger partial charge in [0, 0.05) is 107 Å². The second-order valence-corrected chi connectivity index (χ2v) is 21.4. The summed E-state index contributed by atoms with van der Waals surface area (Å²) >= 11 is 3.18. The van der Waals surface area contributed by atoms with E-state index in [1.165, 1.54) is 24.4 Å². The monoisotopic (exact) mass is 1130 g/mol. The van der Waals surface area contributed by atoms with E-state index < -0.39 is 28.8 Å². The van der Waals surface area contributed by atoms with Crippen LogP contribution in [0.3, 0.4) is 0 Å². The van der Waals surface area contributed by atoms with Crippen molar-refractivity contribution in [3.05, 3.63) is 203 Å². The Morgan fingerprint density at radius 3 is 1.30 bits per heavy atom. The molecule has 5 aromatic heterocycles. The van der Waals surface area contributed by atoms with Gasteiger partial charge in [0.1, 0.15) is 28.7 Å². The van der Waals surface area contributed by atoms with Crippen molar-refractivity contribution in [2.75, 3.05) is 70.2 Å². The molecule has 0 saturated heterocycles. The first kappa shape index (κ1) is 57.7. The van der Waals surface area contributed by atoms with E-state index in [2.05, 4.69) is 9.97 Å². The van der Waals surface area contributed by atoms with Crippen LogP contribution >= 0.6 is 22.7 Å². The quantitative estimate of drug-likeness (QED) is 0.107. The fraction of sp³-hybridized carbons (Fsp3) is 0.194. The molecule has 81 heavy (non-hydrogen) atoms. The van der Waals surface area contributed by atoms with Crippen LogP contribution in [-0.2, 0) is 9.47 Å². The van der Waals surface area contributed by atoms with Crippen LogP contribution in [0.1, 0.15) is 54.9 Å². The Balaban J connectivity index is 0.000000163. The van der Waals surface area contributed by atoms with Crippen molar-refractivity contribution in [3.63, 3.8) is 0 Å². The molecule has 414 valence electrons. The first-order valence-electron chi connectivity index (χ1n) is 25.6. The molecular weight excluding hydrogens is 1070 g/mol. The van der Waals surface area contributed by atoms with Gasteiger partial charge in [-0.3, -0.25) is 14.4 Å². The van der Waals surface area contributed by atoms with Gasteiger partial charge >= 0.3 is 17.9 Å². The molecule has 0 amide bonds. The number of anilines is 3. The average Bonchev–Trinajstić information content (AvgIpc) is 4.14. The minimum Gasteiger partial charge on any atom is -0.477 e. The number of carbonyl (C=O) groups is 3. The highest BCUT2D eigenvalue weighted by atomic mass is 32.1. The Morgan fingerprint density at radius 1 is 0.519 bits per heavy atom. The fourth-order valence-electron chi connectivity index (χ4n) is 8.52. The Hall–Kier alpha value is -9.46. The maximum atomic E-state index is 12.8. The summed E-state index contributed by atoms with van der Waals surface area (Å²) in [5.41, 5.74) is 8.73. The first-order chi connectivity index (χ1) is 38.7. The predicted molar refractivity (Wildman–Crippen MR) is 323 cm³/mol. The molecule has 0 saturated carbocycles. The molecule has 0 aliphatic rings. The second-order valence-electron chi connectivity index (χ2n) is 19.0. The number of benzene rings is 5. The third-order valence-electron chi connectivity index (χ3n) is 12.7. The van der Waals surface area contributed by atoms with Crippen LogP contribution in [0.2, 0.25) is 0 Å². The largest absolute Gasteiger partial charge is 0.477 e. The normalized spacial score (nSPS) is 10.8. The molecule has 5 heterocycles. The smallest absolute Gasteiger partial charge is 0.345 e. The summed E-state index contributed by atoms with van der Waals surface area (Å²) in [6, 6.07) is 39.2. The predicted octanol–water partition coefficient (Wildman–Crippen LogP) is 11.4. The van der Waals surface area contributed by atoms with Gasteiger partial charge in [0.2, 0.25) is 0 Å². The second kappa shape index (κ2) is 25.1. The Kier molecular flexibility index (Phi) is 17.9. The van der Waals surface area contributed by atoms with Crippen LogP contribution in [0.4, 0.5) is 17.1 Å². The van der Waals surface area contributed by atoms with Crippen LogP contribution in [0, 0.1) is 13.8 Å². The first-order valence-corrected chi connectivity index (χ1v) is 27.2. The van der Waals surface area contributed by atoms with Gasteiger partial charge in [0.15, 0.2) is 16.3 Å². The SMILES string of the molecule is CCOC(=O)c1cn(-c2ccc3nc(C)sc3c2)c(-c2ccc(N(C)C)cc2)cc1=O.CCOC(=O)c1coc(-c2ccc(N(C)C)cc2)cc1=O.Cc1nc2ccc(-n3cc(C(=O)O)c(=O)cc3-c3ccc(N(C)C)cc3)cc2s1. The summed E-state index contributed by atoms with van der Waals surface area (Å²) in [7, 11) is 11.8. The number of rotatable bonds is 13. The third kappa shape index (κ3) is 13.4. The molecule has 17 nitrogen and oxygen atoms in total. The van der Waals surface area contributed by atoms with E-state index in [1.54, 1.807) is 47.3 Å². The number of pyridine rings is 2. The molecule has 0 bridgehead atoms. The molecule has 0 spiro atoms. The highest BCUT2D eigenvalue weighted by Gasteiger charge is 2.20. The number of carboxylic acid groups (broad SMARTS) is 1. The molecule has 5 aromatic carbocycles. The van der Waals surface area contributed by atoms with E-state index in [0.717, 1.165) is 81.8 Å². The minimum absolute atomic E-state index is 0.0103. The molecular formula is C62H59N7O10S2. The zero-order chi connectivity index (χ0) is 58.2. The van der Waals surface area contributed by atoms with Gasteiger partial charge in [-0.1, -0.05) is 24.3 Å². The van der Waals surface area contributed by atoms with E-state index in [-0.39, 0.29) is 35.3 Å². The van der Waals surface area contributed by atoms with Gasteiger partial charge in [-0.05, 0) is 124 Å². The molecule has 0 unspecified atom stereocenters. The van der Waals surface area contributed by atoms with Crippen LogP contribution in [0.25, 0.3) is 65.6 Å². The number of carbonyl (C=O) groups excluding carboxylic acids is 2. The lowest BCUT2D eigenvalue weighted by molar-refractivity contribution is 0.0513. The number of ether oxygens (including phenoxy) is 2. The Bertz CT molecular complexity index is 4120. The van der Waals surface area contributed by atoms with Gasteiger partial charge < -0.3 is 42.8 Å². The molecule has 1 N–H and O–H groups in total. The summed E-state index contributed by atoms with van der Waals surface area (Å²) in [4.78, 5) is 87.6. The summed E-state index contributed by atoms with van der Waals surface area (Å²) < 4.78 is 20.9. The lowest BCUT2D eigenvalue weighted by atomic mass is 10.1. The number of esters is 2. The molecule has 10 rings (SSSR count). The number of aryl methyl sites for hydroxylation is 2. The molecule has 0 fully saturated rings. The summed E-state index contributed by atoms with van der Waals surface area (Å²) in [6.45, 7) is 7.74. The van der Waals surface area contributed by atoms with Crippen LogP contribution in [0.15, 0.2) is 165 Å². The summed E-state index contributed by atoms with van der Waals surface area (Å²) in [5.74, 6) is -2.11. The maximum Gasteiger partial charge on any atom is 0.345 e. The number of fused-ring (bicyclic) bond motifs is 2. The van der Waals surface area contributed by atoms with Gasteiger partial charge in [-0.25, -0.2) is 24.4 Å². The van der Waals surface area contributed by atoms with Gasteiger partial charge in [0.05, 0.1) is 55.1 Å². The van der Waals surface area contributed by atoms with Crippen molar-refractivity contribution in [1.29, 1.82) is 0 Å². The average molecular weight is 1130 g/mol. The van der Waals surface area contributed by atoms with E-state index >= 15 is 0 Å². The Morgan fingerprint density at radius 2 is 0.901 bits per heavy atom. The third-order valence-corrected chi connectivity index (χ3v) is 14.6. The maximum absolute atomic E-state index is 12.8. The molecule has 0 atom stereocenters. The number of aromatic nitrogens is 4. The van der Waals surface area contributed by atoms with Crippen molar-refractivity contribution in [1.82, 2.24) is 19.1 Å². The van der Waals surface area contributed by atoms with E-state index in [1.807, 2.05) is 185 Å². The zero-order valence-corrected chi connectivity index (χ0v) is 48.0. The fourth-order valence-corrected chi connectivity index (χ4v) is 10.2. The van der Waals surface area contributed by atoms with E-state index in [9.17, 15) is 33.9 Å². The van der Waals surface area contributed by atoms with Gasteiger partial charge in [0.25, 0.3) is 0 Å². The number of carboxylic acids is 1. The van der Waals surface area contributed by atoms with E-state index in [4.69, 9.17) is 13.9 Å². The van der Waals surface area contributed by atoms with Crippen LogP contribution in [-0.4, -0.2) is 97.6 Å². The van der Waals surface area contributed by atoms with Crippen molar-refractivity contribution in [2.45, 2.75) is 27.7 Å². The van der Waals surface area contributed by atoms with Gasteiger partial charge in [-0.15, -0.1) is 22.7 Å². The summed E-state index contributed by atoms with van der Waals surface area (Å²) in [5, 5.41) is 11.4. The van der Waals surface area contributed by atoms with Crippen molar-refractivity contribution >= 4 is 78.1 Å². The highest BCUT2D eigenvalue weighted by Crippen LogP contribution is 2.31. The summed E-state index contributed by atoms with van der Waals surface area (Å²) in [6.07, 6.45) is 4.12. The topological polar surface area (TPSA) is 200 Å². The molecule has 0 aliphatic carbocycles. The van der Waals surface area contributed by atoms with Crippen molar-refractivity contribution in [3.8, 4) is 45.2 Å². The number of nitrogens with zero attached hydrogens (tertiary/aromatic N) is 7. The number of hydrogen-bond donors (Lipinski definition) is 1. The standard InChI is InChI=1S/C24H23N3O3S.C22H19N3O3S.C16H17NO4/c1-5-30-24(29)19-14-27(18-10-11-20-23(12-18)31-15(2)25-20)21(13-22(19)28)16-6-8-17(9-7-16)26(3)4;1-13-23-18-9-8-16(10-21(18)29-13)25-12-17(22(27)28)20(26)11-19(25)14-4-6-15(7-5-14)24(2)3;1-4-20-16(19)13-10-21-15(9-14(13)18)11-5-7-12(8-6-11)17(2)3/h6-14H,5H2,1-4H3;4-12H,1-3H3,(H,27,28);5-10H,4H2,1-3H3. The van der Waals surface area contributed by atoms with Crippen molar-refractivity contribution in [2.24, 2.45) is 0 Å². The van der Waals surface area contributed by atoms with Crippen LogP contribution < -0.4 is 31.0 Å². The lowest BCUT2D eigenvalue weighted by Crippen LogP contribution is -2.20. The highest BCUT2D eigenvalue weighted by molar-refractivity contribution is 7.18. The zero-order valence-electron chi connectivity index (χ0n) is 46.3. The molecule has 19 heteroatoms. The van der Waals surface area contributed by atoms with Crippen LogP contribution in [0.5, 0.6) is 0 Å². The number of aromatic carboxylic acids is 1. The number of thiazole rings is 2. The molecule has 10 aromatic rings.